The van der Waals surface area contributed by atoms with Gasteiger partial charge in [0.05, 0.1) is 0 Å². The van der Waals surface area contributed by atoms with Crippen molar-refractivity contribution < 1.29 is 0 Å². The van der Waals surface area contributed by atoms with E-state index in [1.807, 2.05) is 7.05 Å². The van der Waals surface area contributed by atoms with E-state index in [0.29, 0.717) is 6.04 Å². The molecule has 0 saturated heterocycles. The first-order valence-electron chi connectivity index (χ1n) is 5.88. The molecule has 0 radical (unpaired) electrons. The zero-order valence-corrected chi connectivity index (χ0v) is 10.5. The van der Waals surface area contributed by atoms with Crippen molar-refractivity contribution in [3.8, 4) is 0 Å². The summed E-state index contributed by atoms with van der Waals surface area (Å²) in [5.41, 5.74) is 4.05. The van der Waals surface area contributed by atoms with E-state index in [0.717, 1.165) is 6.54 Å². The summed E-state index contributed by atoms with van der Waals surface area (Å²) in [6.07, 6.45) is 2.25. The minimum Gasteiger partial charge on any atom is -0.345 e. The molecule has 0 aliphatic rings. The van der Waals surface area contributed by atoms with Gasteiger partial charge in [0.25, 0.3) is 0 Å². The van der Waals surface area contributed by atoms with Gasteiger partial charge in [-0.25, -0.2) is 0 Å². The predicted octanol–water partition coefficient (Wildman–Crippen LogP) is 3.25. The summed E-state index contributed by atoms with van der Waals surface area (Å²) >= 11 is 0. The minimum absolute atomic E-state index is 0.520. The van der Waals surface area contributed by atoms with Gasteiger partial charge in [0.1, 0.15) is 0 Å². The summed E-state index contributed by atoms with van der Waals surface area (Å²) < 4.78 is 2.34. The van der Waals surface area contributed by atoms with E-state index < -0.39 is 0 Å². The predicted molar refractivity (Wildman–Crippen MR) is 69.8 cm³/mol. The smallest absolute Gasteiger partial charge is 0.0485 e. The number of nitrogens with one attached hydrogen (secondary N) is 1. The maximum atomic E-state index is 3.19. The summed E-state index contributed by atoms with van der Waals surface area (Å²) in [6, 6.07) is 7.25. The second-order valence-electron chi connectivity index (χ2n) is 4.69. The van der Waals surface area contributed by atoms with E-state index in [1.165, 1.54) is 22.0 Å². The normalized spacial score (nSPS) is 11.6. The summed E-state index contributed by atoms with van der Waals surface area (Å²) in [6.45, 7) is 7.56. The molecule has 16 heavy (non-hydrogen) atoms. The molecule has 86 valence electrons. The molecule has 0 unspecified atom stereocenters. The van der Waals surface area contributed by atoms with Gasteiger partial charge in [0.15, 0.2) is 0 Å². The van der Waals surface area contributed by atoms with E-state index in [2.05, 4.69) is 55.1 Å². The largest absolute Gasteiger partial charge is 0.345 e. The molecule has 0 saturated carbocycles. The van der Waals surface area contributed by atoms with Crippen LogP contribution in [0.25, 0.3) is 10.9 Å². The number of aryl methyl sites for hydroxylation is 1. The van der Waals surface area contributed by atoms with Crippen molar-refractivity contribution in [3.05, 3.63) is 35.5 Å². The fourth-order valence-corrected chi connectivity index (χ4v) is 2.21. The minimum atomic E-state index is 0.520. The Bertz CT molecular complexity index is 495. The molecule has 1 aromatic carbocycles. The Labute approximate surface area is 97.3 Å². The van der Waals surface area contributed by atoms with Crippen LogP contribution in [0.5, 0.6) is 0 Å². The van der Waals surface area contributed by atoms with Crippen LogP contribution in [-0.4, -0.2) is 11.6 Å². The number of nitrogens with zero attached hydrogens (tertiary/aromatic N) is 1. The molecule has 0 atom stereocenters. The van der Waals surface area contributed by atoms with E-state index in [1.54, 1.807) is 0 Å². The highest BCUT2D eigenvalue weighted by Gasteiger charge is 2.07. The number of hydrogen-bond acceptors (Lipinski definition) is 1. The van der Waals surface area contributed by atoms with Crippen molar-refractivity contribution in [3.63, 3.8) is 0 Å². The van der Waals surface area contributed by atoms with Crippen LogP contribution in [0.3, 0.4) is 0 Å². The maximum Gasteiger partial charge on any atom is 0.0485 e. The number of rotatable bonds is 3. The van der Waals surface area contributed by atoms with Crippen LogP contribution in [-0.2, 0) is 6.54 Å². The van der Waals surface area contributed by atoms with Crippen LogP contribution in [0.4, 0.5) is 0 Å². The van der Waals surface area contributed by atoms with Crippen LogP contribution < -0.4 is 5.32 Å². The third-order valence-corrected chi connectivity index (χ3v) is 3.03. The Morgan fingerprint density at radius 3 is 2.69 bits per heavy atom. The Balaban J connectivity index is 2.57. The van der Waals surface area contributed by atoms with E-state index in [-0.39, 0.29) is 0 Å². The third-order valence-electron chi connectivity index (χ3n) is 3.03. The first kappa shape index (κ1) is 11.2. The van der Waals surface area contributed by atoms with Gasteiger partial charge in [-0.05, 0) is 51.1 Å². The molecule has 1 aromatic heterocycles. The van der Waals surface area contributed by atoms with Gasteiger partial charge in [-0.3, -0.25) is 0 Å². The molecule has 2 aromatic rings. The summed E-state index contributed by atoms with van der Waals surface area (Å²) in [4.78, 5) is 0. The van der Waals surface area contributed by atoms with Crippen LogP contribution in [0.15, 0.2) is 24.4 Å². The molecule has 0 aliphatic heterocycles. The number of hydrogen-bond donors (Lipinski definition) is 1. The summed E-state index contributed by atoms with van der Waals surface area (Å²) in [7, 11) is 1.98. The molecule has 0 bridgehead atoms. The van der Waals surface area contributed by atoms with Crippen molar-refractivity contribution in [2.75, 3.05) is 7.05 Å². The molecule has 1 N–H and O–H groups in total. The Kier molecular flexibility index (Phi) is 3.01. The maximum absolute atomic E-state index is 3.19. The fraction of sp³-hybridized carbons (Fsp3) is 0.429. The Morgan fingerprint density at radius 1 is 1.31 bits per heavy atom. The monoisotopic (exact) mass is 216 g/mol. The molecule has 0 spiro atoms. The van der Waals surface area contributed by atoms with Crippen LogP contribution in [0.1, 0.15) is 31.0 Å². The number of fused-ring (bicyclic) bond motifs is 1. The lowest BCUT2D eigenvalue weighted by Gasteiger charge is -2.09. The van der Waals surface area contributed by atoms with Crippen molar-refractivity contribution >= 4 is 10.9 Å². The first-order chi connectivity index (χ1) is 7.63. The molecular weight excluding hydrogens is 196 g/mol. The van der Waals surface area contributed by atoms with Gasteiger partial charge in [-0.15, -0.1) is 0 Å². The number of benzene rings is 1. The van der Waals surface area contributed by atoms with Crippen molar-refractivity contribution in [1.82, 2.24) is 9.88 Å². The average molecular weight is 216 g/mol. The van der Waals surface area contributed by atoms with Crippen molar-refractivity contribution in [1.29, 1.82) is 0 Å². The highest BCUT2D eigenvalue weighted by atomic mass is 15.0. The SMILES string of the molecule is CNCc1ccc2c(c1)c(C)cn2C(C)C. The van der Waals surface area contributed by atoms with Gasteiger partial charge in [-0.2, -0.15) is 0 Å². The Morgan fingerprint density at radius 2 is 2.06 bits per heavy atom. The lowest BCUT2D eigenvalue weighted by Crippen LogP contribution is -2.04. The Hall–Kier alpha value is -1.28. The first-order valence-corrected chi connectivity index (χ1v) is 5.88. The quantitative estimate of drug-likeness (QED) is 0.833. The molecule has 2 rings (SSSR count). The molecule has 1 heterocycles. The molecule has 2 heteroatoms. The van der Waals surface area contributed by atoms with Gasteiger partial charge in [-0.1, -0.05) is 6.07 Å². The number of aromatic nitrogens is 1. The van der Waals surface area contributed by atoms with Gasteiger partial charge in [0, 0.05) is 29.7 Å². The van der Waals surface area contributed by atoms with Crippen LogP contribution in [0, 0.1) is 6.92 Å². The highest BCUT2D eigenvalue weighted by Crippen LogP contribution is 2.25. The lowest BCUT2D eigenvalue weighted by atomic mass is 10.1. The summed E-state index contributed by atoms with van der Waals surface area (Å²) in [5, 5.41) is 4.57. The second-order valence-corrected chi connectivity index (χ2v) is 4.69. The zero-order valence-electron chi connectivity index (χ0n) is 10.5. The lowest BCUT2D eigenvalue weighted by molar-refractivity contribution is 0.622. The molecule has 2 nitrogen and oxygen atoms in total. The van der Waals surface area contributed by atoms with E-state index in [4.69, 9.17) is 0 Å². The van der Waals surface area contributed by atoms with Gasteiger partial charge < -0.3 is 9.88 Å². The molecule has 0 aliphatic carbocycles. The molecular formula is C14H20N2. The standard InChI is InChI=1S/C14H20N2/c1-10(2)16-9-11(3)13-7-12(8-15-4)5-6-14(13)16/h5-7,9-10,15H,8H2,1-4H3. The van der Waals surface area contributed by atoms with Crippen molar-refractivity contribution in [2.24, 2.45) is 0 Å². The van der Waals surface area contributed by atoms with Crippen LogP contribution in [0.2, 0.25) is 0 Å². The highest BCUT2D eigenvalue weighted by molar-refractivity contribution is 5.84. The second kappa shape index (κ2) is 4.30. The molecule has 0 amide bonds. The third kappa shape index (κ3) is 1.85. The average Bonchev–Trinajstić information content (AvgIpc) is 2.57. The van der Waals surface area contributed by atoms with Crippen molar-refractivity contribution in [2.45, 2.75) is 33.4 Å². The van der Waals surface area contributed by atoms with E-state index in [9.17, 15) is 0 Å². The zero-order chi connectivity index (χ0) is 11.7. The van der Waals surface area contributed by atoms with Gasteiger partial charge >= 0.3 is 0 Å². The molecule has 0 fully saturated rings. The van der Waals surface area contributed by atoms with Gasteiger partial charge in [0.2, 0.25) is 0 Å². The topological polar surface area (TPSA) is 17.0 Å². The fourth-order valence-electron chi connectivity index (χ4n) is 2.21. The van der Waals surface area contributed by atoms with E-state index >= 15 is 0 Å². The van der Waals surface area contributed by atoms with Crippen LogP contribution >= 0.6 is 0 Å². The summed E-state index contributed by atoms with van der Waals surface area (Å²) in [5.74, 6) is 0.